The highest BCUT2D eigenvalue weighted by molar-refractivity contribution is 6.62. The van der Waals surface area contributed by atoms with Gasteiger partial charge >= 0.3 is 7.12 Å². The third kappa shape index (κ3) is 4.09. The monoisotopic (exact) mass is 474 g/mol. The van der Waals surface area contributed by atoms with Crippen molar-refractivity contribution >= 4 is 63.1 Å². The van der Waals surface area contributed by atoms with Gasteiger partial charge < -0.3 is 9.31 Å². The van der Waals surface area contributed by atoms with Gasteiger partial charge in [-0.15, -0.1) is 12.8 Å². The second kappa shape index (κ2) is 10.0. The van der Waals surface area contributed by atoms with Crippen molar-refractivity contribution < 1.29 is 9.31 Å². The standard InChI is InChI=1S/C27H23BN2O2.C2H6.C2H2/c1-5-17-13-20-21-15-19(28-31-16-27(3,4)32-28)11-12-24(21)30-25-10-8-7-9-23(25)29-26(30)22(20)14-18(17)6-2;2*1-2/h5-15H,1-2,16H2,3-4H3;1-2H3;1-2H. The van der Waals surface area contributed by atoms with Crippen molar-refractivity contribution in [1.82, 2.24) is 9.38 Å². The number of benzene rings is 3. The Bertz CT molecular complexity index is 1630. The van der Waals surface area contributed by atoms with E-state index in [1.165, 1.54) is 0 Å². The Balaban J connectivity index is 0.000000726. The Morgan fingerprint density at radius 2 is 1.58 bits per heavy atom. The molecular weight excluding hydrogens is 443 g/mol. The summed E-state index contributed by atoms with van der Waals surface area (Å²) in [6.07, 6.45) is 11.8. The molecule has 0 amide bonds. The number of fused-ring (bicyclic) bond motifs is 8. The Labute approximate surface area is 213 Å². The highest BCUT2D eigenvalue weighted by Gasteiger charge is 2.38. The summed E-state index contributed by atoms with van der Waals surface area (Å²) in [5.41, 5.74) is 6.92. The second-order valence-corrected chi connectivity index (χ2v) is 8.99. The molecule has 0 saturated carbocycles. The highest BCUT2D eigenvalue weighted by Crippen LogP contribution is 2.34. The molecular formula is C31H31BN2O2. The van der Waals surface area contributed by atoms with Gasteiger partial charge in [-0.2, -0.15) is 0 Å². The molecule has 5 aromatic rings. The molecule has 3 aromatic carbocycles. The zero-order valence-corrected chi connectivity index (χ0v) is 21.4. The van der Waals surface area contributed by atoms with Crippen LogP contribution in [0.5, 0.6) is 0 Å². The molecule has 0 atom stereocenters. The zero-order chi connectivity index (χ0) is 26.0. The van der Waals surface area contributed by atoms with E-state index in [0.717, 1.165) is 54.9 Å². The van der Waals surface area contributed by atoms with E-state index in [9.17, 15) is 0 Å². The van der Waals surface area contributed by atoms with Crippen molar-refractivity contribution in [2.24, 2.45) is 0 Å². The summed E-state index contributed by atoms with van der Waals surface area (Å²) in [7, 11) is -0.369. The van der Waals surface area contributed by atoms with E-state index in [4.69, 9.17) is 14.3 Å². The lowest BCUT2D eigenvalue weighted by Crippen LogP contribution is -2.34. The van der Waals surface area contributed by atoms with E-state index in [-0.39, 0.29) is 12.7 Å². The molecule has 3 heterocycles. The fourth-order valence-electron chi connectivity index (χ4n) is 4.75. The SMILES string of the molecule is C#C.C=Cc1cc2c3cc(B4OCC(C)(C)O4)ccc3n3c4ccccc4nc3c2cc1C=C.CC. The summed E-state index contributed by atoms with van der Waals surface area (Å²) in [6.45, 7) is 16.7. The van der Waals surface area contributed by atoms with Crippen LogP contribution in [-0.2, 0) is 9.31 Å². The third-order valence-corrected chi connectivity index (χ3v) is 6.30. The van der Waals surface area contributed by atoms with Gasteiger partial charge in [0.2, 0.25) is 0 Å². The first-order valence-electron chi connectivity index (χ1n) is 12.2. The van der Waals surface area contributed by atoms with Crippen LogP contribution in [0.4, 0.5) is 0 Å². The number of hydrogen-bond acceptors (Lipinski definition) is 3. The van der Waals surface area contributed by atoms with E-state index in [2.05, 4.69) is 92.8 Å². The van der Waals surface area contributed by atoms with Gasteiger partial charge in [0, 0.05) is 10.8 Å². The molecule has 0 bridgehead atoms. The van der Waals surface area contributed by atoms with Crippen LogP contribution in [0.2, 0.25) is 0 Å². The molecule has 4 nitrogen and oxygen atoms in total. The van der Waals surface area contributed by atoms with Crippen LogP contribution in [0, 0.1) is 12.8 Å². The zero-order valence-electron chi connectivity index (χ0n) is 21.4. The van der Waals surface area contributed by atoms with Gasteiger partial charge in [-0.3, -0.25) is 4.40 Å². The molecule has 0 unspecified atom stereocenters. The summed E-state index contributed by atoms with van der Waals surface area (Å²) in [6, 6.07) is 19.1. The number of pyridine rings is 1. The van der Waals surface area contributed by atoms with Gasteiger partial charge in [0.1, 0.15) is 5.65 Å². The molecule has 0 radical (unpaired) electrons. The molecule has 1 saturated heterocycles. The lowest BCUT2D eigenvalue weighted by atomic mass is 9.78. The van der Waals surface area contributed by atoms with Gasteiger partial charge in [-0.1, -0.05) is 63.4 Å². The minimum atomic E-state index is -0.369. The van der Waals surface area contributed by atoms with Crippen LogP contribution in [0.25, 0.3) is 50.5 Å². The van der Waals surface area contributed by atoms with Gasteiger partial charge in [-0.25, -0.2) is 4.98 Å². The number of hydrogen-bond donors (Lipinski definition) is 0. The van der Waals surface area contributed by atoms with Crippen LogP contribution in [0.3, 0.4) is 0 Å². The molecule has 0 aliphatic carbocycles. The molecule has 1 aliphatic rings. The molecule has 5 heteroatoms. The number of nitrogens with zero attached hydrogens (tertiary/aromatic N) is 2. The molecule has 1 fully saturated rings. The number of rotatable bonds is 3. The first-order chi connectivity index (χ1) is 17.5. The van der Waals surface area contributed by atoms with Crippen LogP contribution in [0.15, 0.2) is 67.8 Å². The maximum atomic E-state index is 6.15. The Kier molecular flexibility index (Phi) is 7.03. The van der Waals surface area contributed by atoms with E-state index in [0.29, 0.717) is 6.61 Å². The number of para-hydroxylation sites is 2. The van der Waals surface area contributed by atoms with Crippen LogP contribution in [0.1, 0.15) is 38.8 Å². The first-order valence-corrected chi connectivity index (χ1v) is 12.2. The number of terminal acetylenes is 1. The summed E-state index contributed by atoms with van der Waals surface area (Å²) in [5, 5.41) is 3.34. The maximum absolute atomic E-state index is 6.15. The highest BCUT2D eigenvalue weighted by atomic mass is 16.7. The third-order valence-electron chi connectivity index (χ3n) is 6.30. The molecule has 6 rings (SSSR count). The fraction of sp³-hybridized carbons (Fsp3) is 0.194. The van der Waals surface area contributed by atoms with Crippen LogP contribution >= 0.6 is 0 Å². The van der Waals surface area contributed by atoms with E-state index in [1.807, 2.05) is 32.1 Å². The summed E-state index contributed by atoms with van der Waals surface area (Å²) in [5.74, 6) is 0. The second-order valence-electron chi connectivity index (χ2n) is 8.99. The smallest absolute Gasteiger partial charge is 0.404 e. The van der Waals surface area contributed by atoms with Crippen molar-refractivity contribution in [2.45, 2.75) is 33.3 Å². The van der Waals surface area contributed by atoms with Crippen molar-refractivity contribution in [1.29, 1.82) is 0 Å². The van der Waals surface area contributed by atoms with Crippen LogP contribution < -0.4 is 5.46 Å². The molecule has 0 N–H and O–H groups in total. The van der Waals surface area contributed by atoms with E-state index < -0.39 is 0 Å². The molecule has 2 aromatic heterocycles. The van der Waals surface area contributed by atoms with Gasteiger partial charge in [0.15, 0.2) is 0 Å². The lowest BCUT2D eigenvalue weighted by molar-refractivity contribution is 0.137. The van der Waals surface area contributed by atoms with Crippen molar-refractivity contribution in [3.05, 3.63) is 78.9 Å². The minimum absolute atomic E-state index is 0.291. The van der Waals surface area contributed by atoms with E-state index in [1.54, 1.807) is 0 Å². The Morgan fingerprint density at radius 1 is 0.917 bits per heavy atom. The fourth-order valence-corrected chi connectivity index (χ4v) is 4.75. The minimum Gasteiger partial charge on any atom is -0.404 e. The van der Waals surface area contributed by atoms with Crippen molar-refractivity contribution in [2.75, 3.05) is 6.61 Å². The number of imidazole rings is 1. The average molecular weight is 474 g/mol. The van der Waals surface area contributed by atoms with Gasteiger partial charge in [-0.05, 0) is 66.2 Å². The van der Waals surface area contributed by atoms with Crippen molar-refractivity contribution in [3.63, 3.8) is 0 Å². The molecule has 1 aliphatic heterocycles. The largest absolute Gasteiger partial charge is 0.494 e. The quantitative estimate of drug-likeness (QED) is 0.163. The Hall–Kier alpha value is -3.85. The first kappa shape index (κ1) is 25.3. The molecule has 0 spiro atoms. The summed E-state index contributed by atoms with van der Waals surface area (Å²) < 4.78 is 14.4. The lowest BCUT2D eigenvalue weighted by Gasteiger charge is -2.16. The normalized spacial score (nSPS) is 14.3. The van der Waals surface area contributed by atoms with E-state index >= 15 is 0 Å². The Morgan fingerprint density at radius 3 is 2.22 bits per heavy atom. The molecule has 36 heavy (non-hydrogen) atoms. The number of aromatic nitrogens is 2. The average Bonchev–Trinajstić information content (AvgIpc) is 3.50. The maximum Gasteiger partial charge on any atom is 0.494 e. The van der Waals surface area contributed by atoms with Crippen LogP contribution in [-0.4, -0.2) is 28.7 Å². The van der Waals surface area contributed by atoms with Crippen molar-refractivity contribution in [3.8, 4) is 12.8 Å². The topological polar surface area (TPSA) is 35.8 Å². The van der Waals surface area contributed by atoms with Gasteiger partial charge in [0.25, 0.3) is 0 Å². The summed E-state index contributed by atoms with van der Waals surface area (Å²) in [4.78, 5) is 5.00. The van der Waals surface area contributed by atoms with Gasteiger partial charge in [0.05, 0.1) is 28.8 Å². The summed E-state index contributed by atoms with van der Waals surface area (Å²) >= 11 is 0. The predicted molar refractivity (Wildman–Crippen MR) is 156 cm³/mol. The molecule has 180 valence electrons. The predicted octanol–water partition coefficient (Wildman–Crippen LogP) is 6.88.